The number of benzene rings is 1. The summed E-state index contributed by atoms with van der Waals surface area (Å²) in [6, 6.07) is 19.6. The molecule has 0 aliphatic heterocycles. The van der Waals surface area contributed by atoms with Gasteiger partial charge in [-0.25, -0.2) is 4.57 Å². The average Bonchev–Trinajstić information content (AvgIpc) is 3.29. The predicted octanol–water partition coefficient (Wildman–Crippen LogP) is 4.10. The molecule has 4 aromatic rings. The topological polar surface area (TPSA) is 168 Å². The quantitative estimate of drug-likeness (QED) is 0.0231. The first kappa shape index (κ1) is 50.7. The number of nitrogens with zero attached hydrogens (tertiary/aromatic N) is 4. The van der Waals surface area contributed by atoms with Crippen LogP contribution in [0.25, 0.3) is 24.3 Å². The smallest absolute Gasteiger partial charge is 0.310 e. The van der Waals surface area contributed by atoms with Crippen molar-refractivity contribution in [1.82, 2.24) is 5.32 Å². The summed E-state index contributed by atoms with van der Waals surface area (Å²) in [5.41, 5.74) is 4.91. The van der Waals surface area contributed by atoms with Crippen LogP contribution in [0.2, 0.25) is 0 Å². The SMILES string of the molecule is CCOC(=O)C(CSSCC(CC)NC(=O)C[n+]1ccc(/C=C/c2ccc(N(CCO)CCO)cc2)cc1)CC(=O)C[n+]1ccc(/C=C/c2cc[n+](C(CCO)CCO)cc2)cc1. The summed E-state index contributed by atoms with van der Waals surface area (Å²) < 4.78 is 11.0. The molecule has 338 valence electrons. The second-order valence-corrected chi connectivity index (χ2v) is 17.5. The number of Topliss-reactive ketones (excluding diaryl/α,β-unsaturated/α-hetero) is 1. The lowest BCUT2D eigenvalue weighted by atomic mass is 10.0. The van der Waals surface area contributed by atoms with Gasteiger partial charge < -0.3 is 35.4 Å². The predicted molar refractivity (Wildman–Crippen MR) is 250 cm³/mol. The van der Waals surface area contributed by atoms with E-state index >= 15 is 0 Å². The zero-order valence-electron chi connectivity index (χ0n) is 36.4. The number of hydrogen-bond acceptors (Lipinski definition) is 11. The molecule has 0 saturated heterocycles. The number of hydrogen-bond donors (Lipinski definition) is 5. The molecular weight excluding hydrogens is 839 g/mol. The normalized spacial score (nSPS) is 12.5. The number of esters is 1. The minimum Gasteiger partial charge on any atom is -0.466 e. The Morgan fingerprint density at radius 2 is 1.16 bits per heavy atom. The Bertz CT molecular complexity index is 2000. The summed E-state index contributed by atoms with van der Waals surface area (Å²) in [7, 11) is 3.07. The lowest BCUT2D eigenvalue weighted by Gasteiger charge is -2.22. The Hall–Kier alpha value is -4.90. The van der Waals surface area contributed by atoms with Gasteiger partial charge in [0, 0.05) is 105 Å². The molecule has 0 spiro atoms. The van der Waals surface area contributed by atoms with Crippen molar-refractivity contribution in [3.8, 4) is 0 Å². The van der Waals surface area contributed by atoms with E-state index in [4.69, 9.17) is 4.74 Å². The zero-order chi connectivity index (χ0) is 45.2. The van der Waals surface area contributed by atoms with Crippen molar-refractivity contribution in [3.63, 3.8) is 0 Å². The highest BCUT2D eigenvalue weighted by molar-refractivity contribution is 8.76. The van der Waals surface area contributed by atoms with Gasteiger partial charge in [0.1, 0.15) is 0 Å². The summed E-state index contributed by atoms with van der Waals surface area (Å²) in [5, 5.41) is 40.4. The number of amides is 1. The molecule has 0 fully saturated rings. The van der Waals surface area contributed by atoms with Gasteiger partial charge in [0.2, 0.25) is 13.1 Å². The van der Waals surface area contributed by atoms with Crippen molar-refractivity contribution in [2.24, 2.45) is 5.92 Å². The van der Waals surface area contributed by atoms with E-state index in [0.29, 0.717) is 37.4 Å². The van der Waals surface area contributed by atoms with Crippen LogP contribution in [0.15, 0.2) is 97.8 Å². The second kappa shape index (κ2) is 28.7. The molecule has 3 heterocycles. The monoisotopic (exact) mass is 902 g/mol. The number of ketones is 1. The summed E-state index contributed by atoms with van der Waals surface area (Å²) >= 11 is 0. The number of carbonyl (C=O) groups excluding carboxylic acids is 3. The Morgan fingerprint density at radius 3 is 1.65 bits per heavy atom. The molecule has 1 aromatic carbocycles. The Labute approximate surface area is 379 Å². The van der Waals surface area contributed by atoms with Crippen LogP contribution in [0, 0.1) is 5.92 Å². The Balaban J connectivity index is 1.19. The number of carbonyl (C=O) groups is 3. The molecule has 1 amide bonds. The van der Waals surface area contributed by atoms with Crippen molar-refractivity contribution in [2.75, 3.05) is 62.5 Å². The molecule has 4 rings (SSSR count). The van der Waals surface area contributed by atoms with Gasteiger partial charge in [-0.1, -0.05) is 64.9 Å². The van der Waals surface area contributed by atoms with Crippen LogP contribution >= 0.6 is 21.6 Å². The number of aromatic nitrogens is 3. The van der Waals surface area contributed by atoms with Gasteiger partial charge in [-0.05, 0) is 47.7 Å². The number of anilines is 1. The molecule has 63 heavy (non-hydrogen) atoms. The van der Waals surface area contributed by atoms with Gasteiger partial charge in [-0.2, -0.15) is 9.13 Å². The first-order valence-corrected chi connectivity index (χ1v) is 24.0. The number of aliphatic hydroxyl groups is 4. The lowest BCUT2D eigenvalue weighted by molar-refractivity contribution is -0.724. The maximum atomic E-state index is 13.2. The van der Waals surface area contributed by atoms with Gasteiger partial charge in [0.05, 0.1) is 25.7 Å². The number of rotatable bonds is 29. The maximum Gasteiger partial charge on any atom is 0.310 e. The maximum absolute atomic E-state index is 13.2. The van der Waals surface area contributed by atoms with Crippen LogP contribution in [-0.4, -0.2) is 102 Å². The third-order valence-corrected chi connectivity index (χ3v) is 12.8. The van der Waals surface area contributed by atoms with Crippen LogP contribution in [0.5, 0.6) is 0 Å². The fraction of sp³-hybridized carbons (Fsp3) is 0.417. The molecule has 13 nitrogen and oxygen atoms in total. The highest BCUT2D eigenvalue weighted by Gasteiger charge is 2.26. The van der Waals surface area contributed by atoms with Gasteiger partial charge in [-0.15, -0.1) is 0 Å². The summed E-state index contributed by atoms with van der Waals surface area (Å²) in [4.78, 5) is 40.9. The molecular formula is C48H64N5O8S2+3. The summed E-state index contributed by atoms with van der Waals surface area (Å²) in [5.74, 6) is -0.0847. The molecule has 5 N–H and O–H groups in total. The van der Waals surface area contributed by atoms with Gasteiger partial charge in [0.15, 0.2) is 49.0 Å². The van der Waals surface area contributed by atoms with Gasteiger partial charge in [0.25, 0.3) is 5.91 Å². The zero-order valence-corrected chi connectivity index (χ0v) is 38.0. The van der Waals surface area contributed by atoms with E-state index in [-0.39, 0.29) is 82.3 Å². The molecule has 0 aliphatic carbocycles. The summed E-state index contributed by atoms with van der Waals surface area (Å²) in [6.07, 6.45) is 21.3. The minimum atomic E-state index is -0.583. The van der Waals surface area contributed by atoms with Crippen molar-refractivity contribution in [2.45, 2.75) is 64.7 Å². The van der Waals surface area contributed by atoms with Crippen LogP contribution in [-0.2, 0) is 32.2 Å². The van der Waals surface area contributed by atoms with Crippen LogP contribution < -0.4 is 23.9 Å². The van der Waals surface area contributed by atoms with Crippen LogP contribution in [0.4, 0.5) is 5.69 Å². The van der Waals surface area contributed by atoms with E-state index in [9.17, 15) is 34.8 Å². The number of aliphatic hydroxyl groups excluding tert-OH is 4. The molecule has 0 aliphatic rings. The van der Waals surface area contributed by atoms with E-state index < -0.39 is 5.92 Å². The van der Waals surface area contributed by atoms with Crippen molar-refractivity contribution in [3.05, 3.63) is 120 Å². The first-order valence-electron chi connectivity index (χ1n) is 21.5. The molecule has 3 aromatic heterocycles. The average molecular weight is 903 g/mol. The van der Waals surface area contributed by atoms with E-state index in [0.717, 1.165) is 34.4 Å². The number of pyridine rings is 3. The van der Waals surface area contributed by atoms with E-state index in [1.165, 1.54) is 10.8 Å². The minimum absolute atomic E-state index is 0.0147. The molecule has 15 heteroatoms. The molecule has 0 bridgehead atoms. The van der Waals surface area contributed by atoms with E-state index in [1.807, 2.05) is 143 Å². The summed E-state index contributed by atoms with van der Waals surface area (Å²) in [6.45, 7) is 5.39. The molecule has 0 radical (unpaired) electrons. The highest BCUT2D eigenvalue weighted by atomic mass is 33.1. The molecule has 0 saturated carbocycles. The van der Waals surface area contributed by atoms with Crippen molar-refractivity contribution in [1.29, 1.82) is 0 Å². The van der Waals surface area contributed by atoms with Crippen LogP contribution in [0.3, 0.4) is 0 Å². The number of ether oxygens (including phenoxy) is 1. The number of nitrogens with one attached hydrogen (secondary N) is 1. The largest absolute Gasteiger partial charge is 0.466 e. The Kier molecular flexibility index (Phi) is 23.1. The fourth-order valence-electron chi connectivity index (χ4n) is 6.68. The van der Waals surface area contributed by atoms with E-state index in [1.54, 1.807) is 22.3 Å². The van der Waals surface area contributed by atoms with E-state index in [2.05, 4.69) is 5.32 Å². The highest BCUT2D eigenvalue weighted by Crippen LogP contribution is 2.27. The first-order chi connectivity index (χ1) is 30.7. The Morgan fingerprint density at radius 1 is 0.667 bits per heavy atom. The van der Waals surface area contributed by atoms with Crippen molar-refractivity contribution >= 4 is 69.2 Å². The third-order valence-electron chi connectivity index (χ3n) is 10.3. The van der Waals surface area contributed by atoms with Crippen LogP contribution in [0.1, 0.15) is 67.8 Å². The van der Waals surface area contributed by atoms with Crippen molar-refractivity contribution < 1.29 is 53.2 Å². The standard InChI is InChI=1S/C48H63N5O8S2/c1-3-43(49-47(59)35-51-23-15-39(16-24-51)6-5-38-9-11-44(12-10-38)53(27-31-56)28-32-57)37-63-62-36-42(48(60)61-4-2)33-46(58)34-50-21-13-40(14-22-50)7-8-41-17-25-52(26-18-41)45(19-29-54)20-30-55/h5-18,21-26,42-43,45,54-57H,3-4,19-20,27-37H2,1-2H3/q+2/p+1/b8-7+. The molecule has 2 atom stereocenters. The third kappa shape index (κ3) is 18.4. The van der Waals surface area contributed by atoms with Gasteiger partial charge >= 0.3 is 5.97 Å². The second-order valence-electron chi connectivity index (χ2n) is 15.0. The molecule has 2 unspecified atom stereocenters. The lowest BCUT2D eigenvalue weighted by Crippen LogP contribution is -2.46. The van der Waals surface area contributed by atoms with Gasteiger partial charge in [-0.3, -0.25) is 14.4 Å². The fourth-order valence-corrected chi connectivity index (χ4v) is 9.34.